The summed E-state index contributed by atoms with van der Waals surface area (Å²) in [5, 5.41) is 15.7. The third kappa shape index (κ3) is 8.59. The van der Waals surface area contributed by atoms with Crippen molar-refractivity contribution in [3.63, 3.8) is 0 Å². The number of thioether (sulfide) groups is 1. The zero-order valence-electron chi connectivity index (χ0n) is 24.0. The molecule has 1 unspecified atom stereocenters. The lowest BCUT2D eigenvalue weighted by Gasteiger charge is -2.39. The summed E-state index contributed by atoms with van der Waals surface area (Å²) in [5.74, 6) is -2.59. The SMILES string of the molecule is CCOC(=O)[C@@H](CCc1ccccc1)NC1CSc2ccccc2N(N(C(C)=O)[C@@H](Cc2ccccc2)C(=O)O)C1=O.Cl. The van der Waals surface area contributed by atoms with Gasteiger partial charge in [-0.3, -0.25) is 19.7 Å². The van der Waals surface area contributed by atoms with Crippen molar-refractivity contribution in [2.45, 2.75) is 56.1 Å². The smallest absolute Gasteiger partial charge is 0.328 e. The lowest BCUT2D eigenvalue weighted by atomic mass is 10.0. The van der Waals surface area contributed by atoms with Crippen molar-refractivity contribution in [3.8, 4) is 0 Å². The quantitative estimate of drug-likeness (QED) is 0.282. The maximum absolute atomic E-state index is 14.3. The number of amides is 2. The largest absolute Gasteiger partial charge is 0.480 e. The van der Waals surface area contributed by atoms with Crippen molar-refractivity contribution < 1.29 is 29.0 Å². The number of carbonyl (C=O) groups is 4. The second-order valence-corrected chi connectivity index (χ2v) is 10.9. The van der Waals surface area contributed by atoms with Gasteiger partial charge in [-0.1, -0.05) is 72.8 Å². The Bertz CT molecular complexity index is 1390. The summed E-state index contributed by atoms with van der Waals surface area (Å²) >= 11 is 1.40. The molecule has 11 heteroatoms. The number of hydrogen-bond donors (Lipinski definition) is 2. The van der Waals surface area contributed by atoms with E-state index in [9.17, 15) is 24.3 Å². The van der Waals surface area contributed by atoms with E-state index in [0.717, 1.165) is 10.6 Å². The van der Waals surface area contributed by atoms with Gasteiger partial charge in [0.25, 0.3) is 5.91 Å². The molecule has 9 nitrogen and oxygen atoms in total. The molecule has 0 spiro atoms. The number of carboxylic acids is 1. The van der Waals surface area contributed by atoms with Crippen LogP contribution in [0.3, 0.4) is 0 Å². The van der Waals surface area contributed by atoms with Crippen LogP contribution in [0.25, 0.3) is 0 Å². The van der Waals surface area contributed by atoms with Gasteiger partial charge in [0.15, 0.2) is 6.04 Å². The van der Waals surface area contributed by atoms with Gasteiger partial charge in [0, 0.05) is 24.0 Å². The van der Waals surface area contributed by atoms with E-state index in [1.54, 1.807) is 43.3 Å². The molecular formula is C32H36ClN3O6S. The second-order valence-electron chi connectivity index (χ2n) is 9.88. The number of aryl methyl sites for hydroxylation is 1. The normalized spacial score (nSPS) is 15.7. The molecule has 228 valence electrons. The van der Waals surface area contributed by atoms with Crippen LogP contribution in [0, 0.1) is 0 Å². The van der Waals surface area contributed by atoms with Crippen LogP contribution < -0.4 is 10.3 Å². The summed E-state index contributed by atoms with van der Waals surface area (Å²) in [7, 11) is 0. The number of para-hydroxylation sites is 1. The Kier molecular flexibility index (Phi) is 12.6. The molecule has 0 aliphatic carbocycles. The minimum atomic E-state index is -1.36. The first-order chi connectivity index (χ1) is 20.3. The van der Waals surface area contributed by atoms with Gasteiger partial charge in [-0.05, 0) is 43.0 Å². The van der Waals surface area contributed by atoms with Crippen LogP contribution in [0.2, 0.25) is 0 Å². The number of benzene rings is 3. The van der Waals surface area contributed by atoms with Gasteiger partial charge in [0.05, 0.1) is 18.3 Å². The maximum Gasteiger partial charge on any atom is 0.328 e. The highest BCUT2D eigenvalue weighted by molar-refractivity contribution is 7.99. The Morgan fingerprint density at radius 2 is 1.60 bits per heavy atom. The van der Waals surface area contributed by atoms with E-state index < -0.39 is 41.9 Å². The van der Waals surface area contributed by atoms with Gasteiger partial charge in [-0.15, -0.1) is 24.2 Å². The fourth-order valence-corrected chi connectivity index (χ4v) is 5.99. The first kappa shape index (κ1) is 33.6. The van der Waals surface area contributed by atoms with Gasteiger partial charge in [0.1, 0.15) is 6.04 Å². The van der Waals surface area contributed by atoms with Crippen molar-refractivity contribution in [3.05, 3.63) is 96.1 Å². The number of esters is 1. The number of hydrazine groups is 1. The zero-order valence-corrected chi connectivity index (χ0v) is 25.7. The van der Waals surface area contributed by atoms with Crippen LogP contribution in [-0.4, -0.2) is 64.4 Å². The van der Waals surface area contributed by atoms with Crippen molar-refractivity contribution in [2.24, 2.45) is 0 Å². The van der Waals surface area contributed by atoms with Crippen molar-refractivity contribution in [1.82, 2.24) is 10.3 Å². The molecule has 43 heavy (non-hydrogen) atoms. The number of carbonyl (C=O) groups excluding carboxylic acids is 3. The second kappa shape index (κ2) is 16.1. The van der Waals surface area contributed by atoms with E-state index >= 15 is 0 Å². The molecule has 1 aliphatic heterocycles. The first-order valence-corrected chi connectivity index (χ1v) is 14.9. The number of carboxylic acid groups (broad SMARTS) is 1. The van der Waals surface area contributed by atoms with Gasteiger partial charge in [-0.25, -0.2) is 14.8 Å². The van der Waals surface area contributed by atoms with Crippen molar-refractivity contribution in [2.75, 3.05) is 17.4 Å². The summed E-state index contributed by atoms with van der Waals surface area (Å²) in [4.78, 5) is 53.9. The molecule has 1 heterocycles. The van der Waals surface area contributed by atoms with E-state index in [1.165, 1.54) is 23.7 Å². The van der Waals surface area contributed by atoms with E-state index in [2.05, 4.69) is 5.32 Å². The van der Waals surface area contributed by atoms with Crippen LogP contribution in [-0.2, 0) is 36.8 Å². The number of nitrogens with one attached hydrogen (secondary N) is 1. The highest BCUT2D eigenvalue weighted by atomic mass is 35.5. The summed E-state index contributed by atoms with van der Waals surface area (Å²) in [5.41, 5.74) is 2.15. The molecular weight excluding hydrogens is 590 g/mol. The molecule has 0 radical (unpaired) electrons. The molecule has 2 N–H and O–H groups in total. The predicted molar refractivity (Wildman–Crippen MR) is 168 cm³/mol. The van der Waals surface area contributed by atoms with Crippen molar-refractivity contribution in [1.29, 1.82) is 0 Å². The zero-order chi connectivity index (χ0) is 30.1. The van der Waals surface area contributed by atoms with Crippen LogP contribution in [0.5, 0.6) is 0 Å². The fourth-order valence-electron chi connectivity index (χ4n) is 4.93. The maximum atomic E-state index is 14.3. The summed E-state index contributed by atoms with van der Waals surface area (Å²) in [6, 6.07) is 22.7. The van der Waals surface area contributed by atoms with E-state index in [1.807, 2.05) is 48.5 Å². The van der Waals surface area contributed by atoms with E-state index in [4.69, 9.17) is 4.74 Å². The number of halogens is 1. The van der Waals surface area contributed by atoms with Crippen LogP contribution in [0.1, 0.15) is 31.4 Å². The number of anilines is 1. The van der Waals surface area contributed by atoms with Gasteiger partial charge in [0.2, 0.25) is 5.91 Å². The fraction of sp³-hybridized carbons (Fsp3) is 0.312. The monoisotopic (exact) mass is 625 g/mol. The summed E-state index contributed by atoms with van der Waals surface area (Å²) in [6.07, 6.45) is 0.953. The van der Waals surface area contributed by atoms with E-state index in [0.29, 0.717) is 29.0 Å². The number of nitrogens with zero attached hydrogens (tertiary/aromatic N) is 2. The Hall–Kier alpha value is -3.86. The predicted octanol–water partition coefficient (Wildman–Crippen LogP) is 4.53. The molecule has 0 fully saturated rings. The highest BCUT2D eigenvalue weighted by Crippen LogP contribution is 2.36. The van der Waals surface area contributed by atoms with Crippen molar-refractivity contribution >= 4 is 53.6 Å². The molecule has 3 aromatic rings. The van der Waals surface area contributed by atoms with Gasteiger partial charge >= 0.3 is 11.9 Å². The van der Waals surface area contributed by atoms with Crippen LogP contribution in [0.15, 0.2) is 89.8 Å². The average molecular weight is 626 g/mol. The lowest BCUT2D eigenvalue weighted by Crippen LogP contribution is -2.62. The standard InChI is InChI=1S/C32H35N3O6S.ClH/c1-3-41-32(40)25(19-18-23-12-6-4-7-13-23)33-26-21-42-29-17-11-10-16-27(29)35(30(26)37)34(22(2)36)28(31(38)39)20-24-14-8-5-9-15-24;/h4-17,25-26,28,33H,3,18-21H2,1-2H3,(H,38,39);1H/t25-,26?,28+;/m1./s1. The first-order valence-electron chi connectivity index (χ1n) is 13.9. The number of ether oxygens (including phenoxy) is 1. The molecule has 1 aliphatic rings. The Morgan fingerprint density at radius 3 is 2.21 bits per heavy atom. The number of rotatable bonds is 12. The molecule has 0 bridgehead atoms. The number of aliphatic carboxylic acids is 1. The molecule has 3 aromatic carbocycles. The Labute approximate surface area is 262 Å². The minimum Gasteiger partial charge on any atom is -0.480 e. The minimum absolute atomic E-state index is 0. The molecule has 2 amide bonds. The third-order valence-electron chi connectivity index (χ3n) is 6.93. The molecule has 0 saturated carbocycles. The Balaban J connectivity index is 0.00000506. The van der Waals surface area contributed by atoms with E-state index in [-0.39, 0.29) is 31.2 Å². The van der Waals surface area contributed by atoms with Gasteiger partial charge in [-0.2, -0.15) is 0 Å². The Morgan fingerprint density at radius 1 is 1.00 bits per heavy atom. The third-order valence-corrected chi connectivity index (χ3v) is 8.09. The molecule has 3 atom stereocenters. The average Bonchev–Trinajstić information content (AvgIpc) is 3.12. The molecule has 0 aromatic heterocycles. The molecule has 4 rings (SSSR count). The topological polar surface area (TPSA) is 116 Å². The summed E-state index contributed by atoms with van der Waals surface area (Å²) in [6.45, 7) is 3.16. The number of fused-ring (bicyclic) bond motifs is 1. The molecule has 0 saturated heterocycles. The number of hydrogen-bond acceptors (Lipinski definition) is 7. The van der Waals surface area contributed by atoms with Crippen LogP contribution >= 0.6 is 24.2 Å². The highest BCUT2D eigenvalue weighted by Gasteiger charge is 2.42. The summed E-state index contributed by atoms with van der Waals surface area (Å²) < 4.78 is 5.34. The van der Waals surface area contributed by atoms with Crippen LogP contribution in [0.4, 0.5) is 5.69 Å². The lowest BCUT2D eigenvalue weighted by molar-refractivity contribution is -0.151. The van der Waals surface area contributed by atoms with Gasteiger partial charge < -0.3 is 9.84 Å².